The molecule has 0 bridgehead atoms. The van der Waals surface area contributed by atoms with Crippen LogP contribution in [-0.4, -0.2) is 4.68 Å². The maximum atomic E-state index is 6.68. The Balaban J connectivity index is 1.19. The molecule has 0 N–H and O–H groups in total. The van der Waals surface area contributed by atoms with Gasteiger partial charge in [-0.2, -0.15) is 0 Å². The fourth-order valence-electron chi connectivity index (χ4n) is 7.58. The summed E-state index contributed by atoms with van der Waals surface area (Å²) in [7, 11) is 0. The summed E-state index contributed by atoms with van der Waals surface area (Å²) in [4.78, 5) is 0. The fraction of sp³-hybridized carbons (Fsp3) is 0.0256. The lowest BCUT2D eigenvalue weighted by Gasteiger charge is -2.24. The standard InChI is InChI=1S/C39H25N3O/c1-2-9-26(10-3-1)27-16-18-28(19-17-27)29-11-6-12-30(25-29)31-20-21-35-38-36(31)32-13-4-5-22-40(32)39(38)37-33(14-7-15-34(37)43-35)41-23-8-24-42(39)41/h1-25H/q+2. The minimum atomic E-state index is -0.560. The van der Waals surface area contributed by atoms with Crippen molar-refractivity contribution in [2.75, 3.05) is 0 Å². The Hall–Kier alpha value is -5.74. The Morgan fingerprint density at radius 3 is 2.14 bits per heavy atom. The van der Waals surface area contributed by atoms with E-state index in [1.807, 2.05) is 0 Å². The Kier molecular flexibility index (Phi) is 4.35. The molecule has 0 saturated carbocycles. The first-order valence-corrected chi connectivity index (χ1v) is 14.7. The van der Waals surface area contributed by atoms with Crippen LogP contribution in [0.4, 0.5) is 0 Å². The van der Waals surface area contributed by atoms with Crippen LogP contribution in [-0.2, 0) is 5.66 Å². The lowest BCUT2D eigenvalue weighted by Crippen LogP contribution is -2.73. The van der Waals surface area contributed by atoms with Crippen LogP contribution in [0.25, 0.3) is 50.3 Å². The summed E-state index contributed by atoms with van der Waals surface area (Å²) in [5, 5.41) is 0. The van der Waals surface area contributed by atoms with Crippen LogP contribution in [0.2, 0.25) is 0 Å². The summed E-state index contributed by atoms with van der Waals surface area (Å²) in [5.74, 6) is 1.81. The smallest absolute Gasteiger partial charge is 0.447 e. The number of rotatable bonds is 3. The fourth-order valence-corrected chi connectivity index (χ4v) is 7.58. The van der Waals surface area contributed by atoms with Gasteiger partial charge in [0.1, 0.15) is 17.2 Å². The molecule has 2 aromatic heterocycles. The Morgan fingerprint density at radius 1 is 0.535 bits per heavy atom. The monoisotopic (exact) mass is 551 g/mol. The van der Waals surface area contributed by atoms with Crippen LogP contribution in [0, 0.1) is 0 Å². The van der Waals surface area contributed by atoms with E-state index < -0.39 is 5.66 Å². The predicted octanol–water partition coefficient (Wildman–Crippen LogP) is 7.75. The van der Waals surface area contributed by atoms with Crippen molar-refractivity contribution < 1.29 is 14.0 Å². The van der Waals surface area contributed by atoms with Gasteiger partial charge in [-0.25, -0.2) is 0 Å². The van der Waals surface area contributed by atoms with Crippen LogP contribution < -0.4 is 14.0 Å². The molecule has 3 aliphatic heterocycles. The SMILES string of the molecule is c1ccc(-c2ccc(-c3cccc(-c4ccc5c6c4-c4cccc[n+]4C64c6c(cccc6-n6ccc[n+]64)O5)c3)cc2)cc1. The number of hydrogen-bond donors (Lipinski definition) is 0. The van der Waals surface area contributed by atoms with E-state index in [2.05, 4.69) is 166 Å². The van der Waals surface area contributed by atoms with Crippen molar-refractivity contribution in [1.82, 2.24) is 4.68 Å². The Bertz CT molecular complexity index is 2270. The van der Waals surface area contributed by atoms with Crippen LogP contribution in [0.3, 0.4) is 0 Å². The minimum absolute atomic E-state index is 0.560. The van der Waals surface area contributed by atoms with Crippen LogP contribution >= 0.6 is 0 Å². The molecular weight excluding hydrogens is 526 g/mol. The molecule has 0 saturated heterocycles. The van der Waals surface area contributed by atoms with E-state index in [1.165, 1.54) is 55.8 Å². The maximum Gasteiger partial charge on any atom is 0.447 e. The first-order valence-electron chi connectivity index (χ1n) is 14.7. The first kappa shape index (κ1) is 22.9. The number of hydrogen-bond acceptors (Lipinski definition) is 1. The number of benzene rings is 5. The van der Waals surface area contributed by atoms with E-state index in [9.17, 15) is 0 Å². The molecule has 1 spiro atoms. The summed E-state index contributed by atoms with van der Waals surface area (Å²) in [6.07, 6.45) is 6.54. The van der Waals surface area contributed by atoms with Crippen molar-refractivity contribution in [2.45, 2.75) is 5.66 Å². The van der Waals surface area contributed by atoms with Gasteiger partial charge in [-0.15, -0.1) is 9.25 Å². The number of pyridine rings is 1. The second-order valence-electron chi connectivity index (χ2n) is 11.4. The molecule has 43 heavy (non-hydrogen) atoms. The molecule has 4 nitrogen and oxygen atoms in total. The highest BCUT2D eigenvalue weighted by atomic mass is 16.5. The number of nitrogens with zero attached hydrogens (tertiary/aromatic N) is 3. The van der Waals surface area contributed by atoms with Gasteiger partial charge >= 0.3 is 5.66 Å². The average Bonchev–Trinajstić information content (AvgIpc) is 3.76. The van der Waals surface area contributed by atoms with Crippen molar-refractivity contribution in [3.8, 4) is 61.8 Å². The van der Waals surface area contributed by atoms with Crippen molar-refractivity contribution in [3.05, 3.63) is 163 Å². The van der Waals surface area contributed by atoms with Crippen molar-refractivity contribution in [1.29, 1.82) is 0 Å². The van der Waals surface area contributed by atoms with E-state index in [-0.39, 0.29) is 0 Å². The van der Waals surface area contributed by atoms with Gasteiger partial charge in [0.05, 0.1) is 11.8 Å². The normalized spacial score (nSPS) is 16.2. The van der Waals surface area contributed by atoms with Crippen molar-refractivity contribution in [3.63, 3.8) is 0 Å². The van der Waals surface area contributed by atoms with Gasteiger partial charge in [0.15, 0.2) is 17.3 Å². The molecule has 200 valence electrons. The second-order valence-corrected chi connectivity index (χ2v) is 11.4. The number of ether oxygens (including phenoxy) is 1. The van der Waals surface area contributed by atoms with Gasteiger partial charge in [-0.3, -0.25) is 0 Å². The third-order valence-corrected chi connectivity index (χ3v) is 9.32. The molecule has 0 aliphatic carbocycles. The zero-order valence-corrected chi connectivity index (χ0v) is 23.2. The van der Waals surface area contributed by atoms with Gasteiger partial charge in [0.25, 0.3) is 0 Å². The van der Waals surface area contributed by atoms with E-state index in [0.717, 1.165) is 17.2 Å². The third-order valence-electron chi connectivity index (χ3n) is 9.32. The second kappa shape index (κ2) is 8.17. The molecule has 0 fully saturated rings. The summed E-state index contributed by atoms with van der Waals surface area (Å²) < 4.78 is 13.7. The minimum Gasteiger partial charge on any atom is -0.455 e. The predicted molar refractivity (Wildman–Crippen MR) is 166 cm³/mol. The topological polar surface area (TPSA) is 21.9 Å². The zero-order chi connectivity index (χ0) is 28.1. The van der Waals surface area contributed by atoms with Gasteiger partial charge in [0.2, 0.25) is 11.9 Å². The third kappa shape index (κ3) is 2.85. The molecule has 5 aromatic carbocycles. The molecule has 10 rings (SSSR count). The van der Waals surface area contributed by atoms with Crippen molar-refractivity contribution >= 4 is 0 Å². The summed E-state index contributed by atoms with van der Waals surface area (Å²) >= 11 is 0. The Labute approximate surface area is 248 Å². The van der Waals surface area contributed by atoms with E-state index >= 15 is 0 Å². The number of aromatic nitrogens is 3. The quantitative estimate of drug-likeness (QED) is 0.206. The van der Waals surface area contributed by atoms with Gasteiger partial charge in [-0.05, 0) is 74.5 Å². The first-order chi connectivity index (χ1) is 21.3. The highest BCUT2D eigenvalue weighted by Crippen LogP contribution is 2.57. The summed E-state index contributed by atoms with van der Waals surface area (Å²) in [6.45, 7) is 0. The van der Waals surface area contributed by atoms with Crippen LogP contribution in [0.5, 0.6) is 11.5 Å². The molecule has 1 unspecified atom stereocenters. The maximum absolute atomic E-state index is 6.68. The van der Waals surface area contributed by atoms with E-state index in [4.69, 9.17) is 4.74 Å². The highest BCUT2D eigenvalue weighted by Gasteiger charge is 2.72. The van der Waals surface area contributed by atoms with E-state index in [0.29, 0.717) is 0 Å². The summed E-state index contributed by atoms with van der Waals surface area (Å²) in [5.41, 5.74) is 12.6. The highest BCUT2D eigenvalue weighted by molar-refractivity contribution is 5.90. The van der Waals surface area contributed by atoms with Crippen LogP contribution in [0.15, 0.2) is 152 Å². The molecule has 5 heterocycles. The Morgan fingerprint density at radius 2 is 1.26 bits per heavy atom. The number of fused-ring (bicyclic) bond motifs is 4. The molecule has 4 heteroatoms. The van der Waals surface area contributed by atoms with Gasteiger partial charge in [0, 0.05) is 18.2 Å². The van der Waals surface area contributed by atoms with Gasteiger partial charge < -0.3 is 4.74 Å². The molecule has 0 amide bonds. The van der Waals surface area contributed by atoms with Crippen LogP contribution in [0.1, 0.15) is 11.1 Å². The molecular formula is C39H25N3O+2. The molecule has 0 radical (unpaired) electrons. The summed E-state index contributed by atoms with van der Waals surface area (Å²) in [6, 6.07) is 47.7. The van der Waals surface area contributed by atoms with Gasteiger partial charge in [-0.1, -0.05) is 78.9 Å². The molecule has 3 aliphatic rings. The van der Waals surface area contributed by atoms with E-state index in [1.54, 1.807) is 0 Å². The lowest BCUT2D eigenvalue weighted by molar-refractivity contribution is -0.988. The average molecular weight is 552 g/mol. The molecule has 1 atom stereocenters. The van der Waals surface area contributed by atoms with Crippen molar-refractivity contribution in [2.24, 2.45) is 0 Å². The largest absolute Gasteiger partial charge is 0.455 e. The molecule has 7 aromatic rings. The zero-order valence-electron chi connectivity index (χ0n) is 23.2. The lowest BCUT2D eigenvalue weighted by atomic mass is 9.84.